The number of nitrogens with one attached hydrogen (secondary N) is 1. The molecule has 0 radical (unpaired) electrons. The molecule has 1 N–H and O–H groups in total. The Kier molecular flexibility index (Phi) is 7.26. The first-order valence-electron chi connectivity index (χ1n) is 10.7. The lowest BCUT2D eigenvalue weighted by Crippen LogP contribution is -2.36. The van der Waals surface area contributed by atoms with Gasteiger partial charge in [0.2, 0.25) is 5.91 Å². The predicted octanol–water partition coefficient (Wildman–Crippen LogP) is 4.14. The van der Waals surface area contributed by atoms with E-state index < -0.39 is 17.1 Å². The smallest absolute Gasteiger partial charge is 0.294 e. The number of carbonyl (C=O) groups is 3. The minimum absolute atomic E-state index is 0.312. The van der Waals surface area contributed by atoms with E-state index in [2.05, 4.69) is 10.2 Å². The number of anilines is 2. The van der Waals surface area contributed by atoms with Crippen molar-refractivity contribution in [2.24, 2.45) is 0 Å². The van der Waals surface area contributed by atoms with Crippen LogP contribution < -0.4 is 10.2 Å². The average Bonchev–Trinajstić information content (AvgIpc) is 3.08. The third-order valence-electron chi connectivity index (χ3n) is 5.26. The van der Waals surface area contributed by atoms with Crippen molar-refractivity contribution in [3.05, 3.63) is 76.7 Å². The molecule has 2 aliphatic rings. The van der Waals surface area contributed by atoms with Gasteiger partial charge in [0.15, 0.2) is 0 Å². The molecule has 0 spiro atoms. The molecule has 3 amide bonds. The minimum Gasteiger partial charge on any atom is -0.378 e. The quantitative estimate of drug-likeness (QED) is 0.649. The van der Waals surface area contributed by atoms with Crippen molar-refractivity contribution in [2.75, 3.05) is 43.1 Å². The van der Waals surface area contributed by atoms with Crippen molar-refractivity contribution in [2.45, 2.75) is 6.92 Å². The molecule has 0 saturated carbocycles. The molecule has 0 atom stereocenters. The summed E-state index contributed by atoms with van der Waals surface area (Å²) in [6, 6.07) is 17.2. The van der Waals surface area contributed by atoms with Gasteiger partial charge in [-0.15, -0.1) is 0 Å². The fourth-order valence-electron chi connectivity index (χ4n) is 3.62. The van der Waals surface area contributed by atoms with Crippen LogP contribution in [0.5, 0.6) is 0 Å². The molecular weight excluding hydrogens is 438 g/mol. The highest BCUT2D eigenvalue weighted by Crippen LogP contribution is 2.31. The van der Waals surface area contributed by atoms with E-state index in [1.807, 2.05) is 67.6 Å². The monoisotopic (exact) mass is 463 g/mol. The summed E-state index contributed by atoms with van der Waals surface area (Å²) in [5, 5.41) is 2.31. The van der Waals surface area contributed by atoms with Gasteiger partial charge in [-0.3, -0.25) is 19.3 Å². The second-order valence-corrected chi connectivity index (χ2v) is 8.75. The van der Waals surface area contributed by atoms with Gasteiger partial charge in [-0.25, -0.2) is 0 Å². The molecule has 4 rings (SSSR count). The maximum absolute atomic E-state index is 12.7. The van der Waals surface area contributed by atoms with Crippen LogP contribution >= 0.6 is 11.8 Å². The average molecular weight is 464 g/mol. The zero-order valence-corrected chi connectivity index (χ0v) is 19.1. The van der Waals surface area contributed by atoms with Crippen LogP contribution in [0.25, 0.3) is 6.08 Å². The van der Waals surface area contributed by atoms with Crippen LogP contribution in [0.2, 0.25) is 0 Å². The van der Waals surface area contributed by atoms with Crippen molar-refractivity contribution >= 4 is 46.3 Å². The molecule has 2 aromatic rings. The van der Waals surface area contributed by atoms with Crippen LogP contribution in [0.4, 0.5) is 16.2 Å². The summed E-state index contributed by atoms with van der Waals surface area (Å²) in [5.41, 5.74) is 3.52. The van der Waals surface area contributed by atoms with E-state index in [1.165, 1.54) is 0 Å². The summed E-state index contributed by atoms with van der Waals surface area (Å²) in [5.74, 6) is -0.877. The van der Waals surface area contributed by atoms with Crippen molar-refractivity contribution < 1.29 is 19.1 Å². The maximum Gasteiger partial charge on any atom is 0.294 e. The van der Waals surface area contributed by atoms with E-state index in [4.69, 9.17) is 4.74 Å². The maximum atomic E-state index is 12.7. The molecule has 7 nitrogen and oxygen atoms in total. The molecule has 0 unspecified atom stereocenters. The summed E-state index contributed by atoms with van der Waals surface area (Å²) in [6.45, 7) is 4.61. The van der Waals surface area contributed by atoms with Gasteiger partial charge in [0, 0.05) is 24.5 Å². The third-order valence-corrected chi connectivity index (χ3v) is 6.16. The summed E-state index contributed by atoms with van der Waals surface area (Å²) in [6.07, 6.45) is 3.61. The van der Waals surface area contributed by atoms with Gasteiger partial charge in [0.1, 0.15) is 6.54 Å². The Bertz CT molecular complexity index is 1090. The number of morpholine rings is 1. The first-order valence-corrected chi connectivity index (χ1v) is 11.5. The highest BCUT2D eigenvalue weighted by Gasteiger charge is 2.36. The molecule has 2 aliphatic heterocycles. The van der Waals surface area contributed by atoms with Crippen LogP contribution in [0.1, 0.15) is 12.5 Å². The summed E-state index contributed by atoms with van der Waals surface area (Å²) < 4.78 is 5.37. The molecule has 8 heteroatoms. The number of imide groups is 1. The lowest BCUT2D eigenvalue weighted by atomic mass is 10.1. The normalized spacial score (nSPS) is 18.2. The molecule has 0 aromatic heterocycles. The molecule has 0 bridgehead atoms. The van der Waals surface area contributed by atoms with E-state index in [-0.39, 0.29) is 6.54 Å². The van der Waals surface area contributed by atoms with E-state index in [9.17, 15) is 14.4 Å². The zero-order chi connectivity index (χ0) is 23.2. The highest BCUT2D eigenvalue weighted by atomic mass is 32.2. The van der Waals surface area contributed by atoms with Crippen molar-refractivity contribution in [3.63, 3.8) is 0 Å². The van der Waals surface area contributed by atoms with Crippen molar-refractivity contribution in [1.29, 1.82) is 0 Å². The first kappa shape index (κ1) is 22.8. The Morgan fingerprint density at radius 2 is 1.76 bits per heavy atom. The van der Waals surface area contributed by atoms with Crippen molar-refractivity contribution in [1.82, 2.24) is 4.90 Å². The fraction of sp³-hybridized carbons (Fsp3) is 0.240. The largest absolute Gasteiger partial charge is 0.378 e. The molecule has 2 fully saturated rings. The molecule has 33 heavy (non-hydrogen) atoms. The molecule has 170 valence electrons. The second-order valence-electron chi connectivity index (χ2n) is 7.76. The lowest BCUT2D eigenvalue weighted by Gasteiger charge is -2.28. The fourth-order valence-corrected chi connectivity index (χ4v) is 4.51. The number of rotatable bonds is 6. The first-order chi connectivity index (χ1) is 16.0. The topological polar surface area (TPSA) is 79.0 Å². The van der Waals surface area contributed by atoms with E-state index in [1.54, 1.807) is 6.08 Å². The summed E-state index contributed by atoms with van der Waals surface area (Å²) in [7, 11) is 0. The SMILES string of the molecule is CC(=C\c1ccccc1)/C=C1/SC(=O)N(CC(=O)Nc2ccc(N3CCOCC3)cc2)C1=O. The standard InChI is InChI=1S/C25H25N3O4S/c1-18(15-19-5-3-2-4-6-19)16-22-24(30)28(25(31)33-22)17-23(29)26-20-7-9-21(10-8-20)27-11-13-32-14-12-27/h2-10,15-16H,11-14,17H2,1H3,(H,26,29)/b18-15+,22-16+. The Morgan fingerprint density at radius 3 is 2.45 bits per heavy atom. The predicted molar refractivity (Wildman–Crippen MR) is 131 cm³/mol. The van der Waals surface area contributed by atoms with Gasteiger partial charge < -0.3 is 15.0 Å². The number of ether oxygens (including phenoxy) is 1. The van der Waals surface area contributed by atoms with E-state index in [0.717, 1.165) is 46.6 Å². The van der Waals surface area contributed by atoms with Crippen LogP contribution in [-0.2, 0) is 14.3 Å². The molecule has 2 saturated heterocycles. The van der Waals surface area contributed by atoms with E-state index >= 15 is 0 Å². The Labute approximate surface area is 197 Å². The number of thioether (sulfide) groups is 1. The van der Waals surface area contributed by atoms with Gasteiger partial charge >= 0.3 is 0 Å². The molecule has 2 aromatic carbocycles. The summed E-state index contributed by atoms with van der Waals surface area (Å²) in [4.78, 5) is 41.1. The number of amides is 3. The number of nitrogens with zero attached hydrogens (tertiary/aromatic N) is 2. The number of hydrogen-bond acceptors (Lipinski definition) is 6. The number of allylic oxidation sites excluding steroid dienone is 2. The lowest BCUT2D eigenvalue weighted by molar-refractivity contribution is -0.127. The minimum atomic E-state index is -0.455. The van der Waals surface area contributed by atoms with Gasteiger partial charge in [-0.05, 0) is 60.2 Å². The van der Waals surface area contributed by atoms with Gasteiger partial charge in [0.25, 0.3) is 11.1 Å². The highest BCUT2D eigenvalue weighted by molar-refractivity contribution is 8.18. The van der Waals surface area contributed by atoms with Gasteiger partial charge in [-0.2, -0.15) is 0 Å². The van der Waals surface area contributed by atoms with Crippen molar-refractivity contribution in [3.8, 4) is 0 Å². The number of carbonyl (C=O) groups excluding carboxylic acids is 3. The van der Waals surface area contributed by atoms with Crippen LogP contribution in [0, 0.1) is 0 Å². The third kappa shape index (κ3) is 5.91. The zero-order valence-electron chi connectivity index (χ0n) is 18.3. The number of benzene rings is 2. The van der Waals surface area contributed by atoms with Crippen LogP contribution in [-0.4, -0.2) is 54.8 Å². The molecule has 0 aliphatic carbocycles. The van der Waals surface area contributed by atoms with Crippen LogP contribution in [0.3, 0.4) is 0 Å². The second kappa shape index (κ2) is 10.5. The molecular formula is C25H25N3O4S. The molecule has 2 heterocycles. The number of hydrogen-bond donors (Lipinski definition) is 1. The Hall–Kier alpha value is -3.36. The van der Waals surface area contributed by atoms with E-state index in [0.29, 0.717) is 23.8 Å². The summed E-state index contributed by atoms with van der Waals surface area (Å²) >= 11 is 0.849. The van der Waals surface area contributed by atoms with Gasteiger partial charge in [-0.1, -0.05) is 36.4 Å². The van der Waals surface area contributed by atoms with Gasteiger partial charge in [0.05, 0.1) is 18.1 Å². The Balaban J connectivity index is 1.35. The van der Waals surface area contributed by atoms with Crippen LogP contribution in [0.15, 0.2) is 71.2 Å². The Morgan fingerprint density at radius 1 is 1.06 bits per heavy atom.